The molecule has 1 N–H and O–H groups in total. The lowest BCUT2D eigenvalue weighted by atomic mass is 10.3. The maximum absolute atomic E-state index is 11.9. The Kier molecular flexibility index (Phi) is 2.28. The molecule has 0 unspecified atom stereocenters. The highest BCUT2D eigenvalue weighted by Gasteiger charge is 2.49. The van der Waals surface area contributed by atoms with Gasteiger partial charge in [-0.2, -0.15) is 8.78 Å². The van der Waals surface area contributed by atoms with Crippen LogP contribution in [0.5, 0.6) is 0 Å². The number of carbonyl (C=O) groups is 2. The second-order valence-electron chi connectivity index (χ2n) is 1.37. The first-order chi connectivity index (χ1) is 4.42. The van der Waals surface area contributed by atoms with Gasteiger partial charge >= 0.3 is 17.9 Å². The molecule has 0 heterocycles. The molecule has 4 nitrogen and oxygen atoms in total. The van der Waals surface area contributed by atoms with Gasteiger partial charge in [0.2, 0.25) is 0 Å². The fourth-order valence-corrected chi connectivity index (χ4v) is 0.215. The van der Waals surface area contributed by atoms with Crippen LogP contribution in [0.2, 0.25) is 0 Å². The molecule has 0 aliphatic carbocycles. The zero-order chi connectivity index (χ0) is 8.36. The lowest BCUT2D eigenvalue weighted by molar-refractivity contribution is -0.184. The van der Waals surface area contributed by atoms with Gasteiger partial charge in [0.05, 0.1) is 7.11 Å². The number of ether oxygens (including phenoxy) is 1. The number of carboxylic acids is 1. The number of hydrogen-bond acceptors (Lipinski definition) is 3. The summed E-state index contributed by atoms with van der Waals surface area (Å²) in [6, 6.07) is 0. The summed E-state index contributed by atoms with van der Waals surface area (Å²) in [5.74, 6) is -9.02. The largest absolute Gasteiger partial charge is 0.476 e. The van der Waals surface area contributed by atoms with Gasteiger partial charge in [-0.1, -0.05) is 0 Å². The Morgan fingerprint density at radius 3 is 2.00 bits per heavy atom. The number of esters is 1. The number of alkyl halides is 2. The van der Waals surface area contributed by atoms with Gasteiger partial charge in [0, 0.05) is 0 Å². The van der Waals surface area contributed by atoms with E-state index in [1.54, 1.807) is 0 Å². The third-order valence-electron chi connectivity index (χ3n) is 0.710. The summed E-state index contributed by atoms with van der Waals surface area (Å²) < 4.78 is 27.2. The van der Waals surface area contributed by atoms with Gasteiger partial charge in [-0.05, 0) is 0 Å². The molecule has 0 bridgehead atoms. The van der Waals surface area contributed by atoms with Crippen LogP contribution in [0, 0.1) is 0 Å². The van der Waals surface area contributed by atoms with E-state index in [9.17, 15) is 18.4 Å². The molecule has 6 heteroatoms. The van der Waals surface area contributed by atoms with Crippen LogP contribution < -0.4 is 0 Å². The molecule has 0 aliphatic rings. The smallest absolute Gasteiger partial charge is 0.437 e. The fraction of sp³-hybridized carbons (Fsp3) is 0.500. The number of hydrogen-bond donors (Lipinski definition) is 1. The molecule has 0 rings (SSSR count). The summed E-state index contributed by atoms with van der Waals surface area (Å²) >= 11 is 0. The molecule has 0 atom stereocenters. The quantitative estimate of drug-likeness (QED) is 0.444. The highest BCUT2D eigenvalue weighted by molar-refractivity contribution is 6.00. The molecular formula is C4H4F2O4. The van der Waals surface area contributed by atoms with Crippen LogP contribution in [0.3, 0.4) is 0 Å². The van der Waals surface area contributed by atoms with Crippen LogP contribution in [0.15, 0.2) is 0 Å². The zero-order valence-corrected chi connectivity index (χ0v) is 4.93. The third kappa shape index (κ3) is 1.40. The van der Waals surface area contributed by atoms with Crippen molar-refractivity contribution >= 4 is 11.9 Å². The Hall–Kier alpha value is -1.20. The summed E-state index contributed by atoms with van der Waals surface area (Å²) in [4.78, 5) is 19.5. The number of aliphatic carboxylic acids is 1. The standard InChI is InChI=1S/C4H4F2O4/c1-10-3(9)4(5,6)2(7)8/h1H3,(H,7,8). The summed E-state index contributed by atoms with van der Waals surface area (Å²) in [7, 11) is 0.680. The molecule has 0 spiro atoms. The van der Waals surface area contributed by atoms with E-state index in [1.807, 2.05) is 0 Å². The van der Waals surface area contributed by atoms with Gasteiger partial charge in [0.25, 0.3) is 0 Å². The molecule has 10 heavy (non-hydrogen) atoms. The maximum atomic E-state index is 11.9. The van der Waals surface area contributed by atoms with Crippen molar-refractivity contribution in [3.05, 3.63) is 0 Å². The predicted molar refractivity (Wildman–Crippen MR) is 24.6 cm³/mol. The van der Waals surface area contributed by atoms with Crippen molar-refractivity contribution in [3.8, 4) is 0 Å². The summed E-state index contributed by atoms with van der Waals surface area (Å²) in [5, 5.41) is 7.69. The summed E-state index contributed by atoms with van der Waals surface area (Å²) in [5.41, 5.74) is 0. The Morgan fingerprint density at radius 1 is 1.50 bits per heavy atom. The first-order valence-electron chi connectivity index (χ1n) is 2.12. The van der Waals surface area contributed by atoms with Crippen LogP contribution in [0.4, 0.5) is 8.78 Å². The van der Waals surface area contributed by atoms with Crippen molar-refractivity contribution in [2.45, 2.75) is 5.92 Å². The monoisotopic (exact) mass is 154 g/mol. The van der Waals surface area contributed by atoms with E-state index in [0.29, 0.717) is 7.11 Å². The second kappa shape index (κ2) is 2.59. The van der Waals surface area contributed by atoms with E-state index in [1.165, 1.54) is 0 Å². The molecule has 0 radical (unpaired) electrons. The first-order valence-corrected chi connectivity index (χ1v) is 2.12. The van der Waals surface area contributed by atoms with Gasteiger partial charge in [0.15, 0.2) is 0 Å². The fourth-order valence-electron chi connectivity index (χ4n) is 0.215. The van der Waals surface area contributed by atoms with Crippen molar-refractivity contribution in [1.82, 2.24) is 0 Å². The van der Waals surface area contributed by atoms with Crippen molar-refractivity contribution in [3.63, 3.8) is 0 Å². The van der Waals surface area contributed by atoms with E-state index in [2.05, 4.69) is 4.74 Å². The van der Waals surface area contributed by atoms with E-state index >= 15 is 0 Å². The number of rotatable bonds is 2. The van der Waals surface area contributed by atoms with Crippen molar-refractivity contribution in [2.75, 3.05) is 7.11 Å². The Bertz CT molecular complexity index is 165. The highest BCUT2D eigenvalue weighted by Crippen LogP contribution is 2.14. The molecule has 0 aromatic carbocycles. The van der Waals surface area contributed by atoms with Gasteiger partial charge < -0.3 is 9.84 Å². The minimum atomic E-state index is -4.44. The Labute approximate surface area is 54.4 Å². The number of carboxylic acid groups (broad SMARTS) is 1. The van der Waals surface area contributed by atoms with Gasteiger partial charge in [-0.15, -0.1) is 0 Å². The zero-order valence-electron chi connectivity index (χ0n) is 4.93. The van der Waals surface area contributed by atoms with Crippen LogP contribution in [0.1, 0.15) is 0 Å². The molecular weight excluding hydrogens is 150 g/mol. The lowest BCUT2D eigenvalue weighted by Gasteiger charge is -2.06. The average molecular weight is 154 g/mol. The Morgan fingerprint density at radius 2 is 1.90 bits per heavy atom. The van der Waals surface area contributed by atoms with Crippen LogP contribution in [0.25, 0.3) is 0 Å². The number of methoxy groups -OCH3 is 1. The Balaban J connectivity index is 4.40. The van der Waals surface area contributed by atoms with E-state index < -0.39 is 17.9 Å². The lowest BCUT2D eigenvalue weighted by Crippen LogP contribution is -2.38. The van der Waals surface area contributed by atoms with Crippen molar-refractivity contribution < 1.29 is 28.2 Å². The van der Waals surface area contributed by atoms with Crippen LogP contribution in [-0.4, -0.2) is 30.1 Å². The van der Waals surface area contributed by atoms with Gasteiger partial charge in [-0.3, -0.25) is 0 Å². The highest BCUT2D eigenvalue weighted by atomic mass is 19.3. The summed E-state index contributed by atoms with van der Waals surface area (Å²) in [6.45, 7) is 0. The van der Waals surface area contributed by atoms with Crippen molar-refractivity contribution in [1.29, 1.82) is 0 Å². The normalized spacial score (nSPS) is 10.7. The average Bonchev–Trinajstić information content (AvgIpc) is 1.86. The molecule has 0 aromatic heterocycles. The topological polar surface area (TPSA) is 63.6 Å². The summed E-state index contributed by atoms with van der Waals surface area (Å²) in [6.07, 6.45) is 0. The third-order valence-corrected chi connectivity index (χ3v) is 0.710. The van der Waals surface area contributed by atoms with E-state index in [-0.39, 0.29) is 0 Å². The molecule has 0 saturated carbocycles. The van der Waals surface area contributed by atoms with Crippen LogP contribution in [-0.2, 0) is 14.3 Å². The number of halogens is 2. The molecule has 0 fully saturated rings. The number of carbonyl (C=O) groups excluding carboxylic acids is 1. The van der Waals surface area contributed by atoms with E-state index in [0.717, 1.165) is 0 Å². The van der Waals surface area contributed by atoms with Crippen LogP contribution >= 0.6 is 0 Å². The minimum Gasteiger partial charge on any atom is -0.476 e. The second-order valence-corrected chi connectivity index (χ2v) is 1.37. The van der Waals surface area contributed by atoms with Gasteiger partial charge in [-0.25, -0.2) is 9.59 Å². The van der Waals surface area contributed by atoms with Gasteiger partial charge in [0.1, 0.15) is 0 Å². The first kappa shape index (κ1) is 8.80. The SMILES string of the molecule is COC(=O)C(F)(F)C(=O)O. The maximum Gasteiger partial charge on any atom is 0.437 e. The predicted octanol–water partition coefficient (Wildman–Crippen LogP) is -0.121. The van der Waals surface area contributed by atoms with E-state index in [4.69, 9.17) is 5.11 Å². The van der Waals surface area contributed by atoms with Crippen molar-refractivity contribution in [2.24, 2.45) is 0 Å². The molecule has 0 aromatic rings. The molecule has 0 saturated heterocycles. The molecule has 58 valence electrons. The molecule has 0 aliphatic heterocycles. The molecule has 0 amide bonds. The minimum absolute atomic E-state index is 0.680.